The molecule has 144 valence electrons. The monoisotopic (exact) mass is 362 g/mol. The van der Waals surface area contributed by atoms with Gasteiger partial charge in [-0.15, -0.1) is 0 Å². The molecule has 0 aromatic heterocycles. The molecular weight excluding hydrogens is 328 g/mol. The number of allylic oxidation sites excluding steroid dienone is 2. The van der Waals surface area contributed by atoms with Gasteiger partial charge in [0.15, 0.2) is 0 Å². The Kier molecular flexibility index (Phi) is 7.72. The van der Waals surface area contributed by atoms with Crippen molar-refractivity contribution in [3.8, 4) is 0 Å². The fourth-order valence-corrected chi connectivity index (χ4v) is 3.50. The Morgan fingerprint density at radius 1 is 0.741 bits per heavy atom. The molecule has 0 aliphatic heterocycles. The first-order valence-corrected chi connectivity index (χ1v) is 10.2. The van der Waals surface area contributed by atoms with E-state index in [1.54, 1.807) is 0 Å². The van der Waals surface area contributed by atoms with Gasteiger partial charge < -0.3 is 10.6 Å². The Morgan fingerprint density at radius 3 is 1.48 bits per heavy atom. The van der Waals surface area contributed by atoms with E-state index in [2.05, 4.69) is 94.3 Å². The summed E-state index contributed by atoms with van der Waals surface area (Å²) in [5.41, 5.74) is 9.82. The van der Waals surface area contributed by atoms with Gasteiger partial charge in [-0.05, 0) is 60.9 Å². The van der Waals surface area contributed by atoms with Crippen molar-refractivity contribution < 1.29 is 0 Å². The summed E-state index contributed by atoms with van der Waals surface area (Å²) in [6.07, 6.45) is 6.15. The molecule has 2 heteroatoms. The van der Waals surface area contributed by atoms with Gasteiger partial charge in [0, 0.05) is 22.8 Å². The predicted octanol–water partition coefficient (Wildman–Crippen LogP) is 6.88. The second kappa shape index (κ2) is 10.0. The lowest BCUT2D eigenvalue weighted by Gasteiger charge is -2.18. The first kappa shape index (κ1) is 20.8. The summed E-state index contributed by atoms with van der Waals surface area (Å²) >= 11 is 0. The van der Waals surface area contributed by atoms with Crippen LogP contribution in [0.4, 0.5) is 11.4 Å². The number of nitrogens with one attached hydrogen (secondary N) is 2. The highest BCUT2D eigenvalue weighted by molar-refractivity contribution is 5.64. The molecule has 0 aliphatic carbocycles. The highest BCUT2D eigenvalue weighted by Gasteiger charge is 2.08. The summed E-state index contributed by atoms with van der Waals surface area (Å²) < 4.78 is 0. The maximum absolute atomic E-state index is 4.24. The molecule has 0 fully saturated rings. The van der Waals surface area contributed by atoms with Crippen LogP contribution in [0.2, 0.25) is 0 Å². The molecule has 0 saturated carbocycles. The van der Waals surface area contributed by atoms with Crippen LogP contribution in [-0.2, 0) is 25.7 Å². The van der Waals surface area contributed by atoms with E-state index in [0.29, 0.717) is 0 Å². The SMILES string of the molecule is C=C(/C=C(/C)Nc1c(CC)cccc1CC)Nc1c(CC)cccc1CC. The van der Waals surface area contributed by atoms with Crippen LogP contribution in [0.25, 0.3) is 0 Å². The standard InChI is InChI=1S/C25H34N2/c1-7-20-13-11-14-21(8-2)24(20)26-18(5)17-19(6)27-25-22(9-3)15-12-16-23(25)10-4/h11-17,26-27H,5,7-10H2,1-4,6H3/b19-17-. The fraction of sp³-hybridized carbons (Fsp3) is 0.360. The molecule has 0 radical (unpaired) electrons. The zero-order chi connectivity index (χ0) is 19.8. The van der Waals surface area contributed by atoms with Crippen molar-refractivity contribution >= 4 is 11.4 Å². The van der Waals surface area contributed by atoms with Gasteiger partial charge in [0.25, 0.3) is 0 Å². The number of aryl methyl sites for hydroxylation is 4. The summed E-state index contributed by atoms with van der Waals surface area (Å²) in [4.78, 5) is 0. The van der Waals surface area contributed by atoms with Crippen LogP contribution < -0.4 is 10.6 Å². The molecule has 0 heterocycles. The van der Waals surface area contributed by atoms with Gasteiger partial charge in [-0.1, -0.05) is 70.7 Å². The maximum Gasteiger partial charge on any atom is 0.0448 e. The molecular formula is C25H34N2. The van der Waals surface area contributed by atoms with Gasteiger partial charge >= 0.3 is 0 Å². The normalized spacial score (nSPS) is 11.4. The molecule has 2 aromatic rings. The smallest absolute Gasteiger partial charge is 0.0448 e. The average molecular weight is 363 g/mol. The van der Waals surface area contributed by atoms with Crippen molar-refractivity contribution in [2.24, 2.45) is 0 Å². The van der Waals surface area contributed by atoms with Gasteiger partial charge in [0.1, 0.15) is 0 Å². The van der Waals surface area contributed by atoms with E-state index in [4.69, 9.17) is 0 Å². The van der Waals surface area contributed by atoms with Crippen molar-refractivity contribution in [1.29, 1.82) is 0 Å². The highest BCUT2D eigenvalue weighted by Crippen LogP contribution is 2.26. The van der Waals surface area contributed by atoms with Gasteiger partial charge in [0.2, 0.25) is 0 Å². The third-order valence-corrected chi connectivity index (χ3v) is 5.00. The molecule has 0 amide bonds. The quantitative estimate of drug-likeness (QED) is 0.475. The number of rotatable bonds is 9. The summed E-state index contributed by atoms with van der Waals surface area (Å²) in [6.45, 7) is 15.1. The van der Waals surface area contributed by atoms with Gasteiger partial charge in [-0.3, -0.25) is 0 Å². The Hall–Kier alpha value is -2.48. The topological polar surface area (TPSA) is 24.1 Å². The number of benzene rings is 2. The number of para-hydroxylation sites is 2. The van der Waals surface area contributed by atoms with Gasteiger partial charge in [-0.25, -0.2) is 0 Å². The minimum atomic E-state index is 0.905. The summed E-state index contributed by atoms with van der Waals surface area (Å²) in [6, 6.07) is 13.1. The molecule has 0 aliphatic rings. The van der Waals surface area contributed by atoms with E-state index in [-0.39, 0.29) is 0 Å². The lowest BCUT2D eigenvalue weighted by molar-refractivity contribution is 1.08. The number of hydrogen-bond donors (Lipinski definition) is 2. The molecule has 0 bridgehead atoms. The summed E-state index contributed by atoms with van der Waals surface area (Å²) in [5.74, 6) is 0. The molecule has 2 aromatic carbocycles. The molecule has 27 heavy (non-hydrogen) atoms. The van der Waals surface area contributed by atoms with Crippen molar-refractivity contribution in [3.63, 3.8) is 0 Å². The lowest BCUT2D eigenvalue weighted by Crippen LogP contribution is -2.06. The Bertz CT molecular complexity index is 771. The Morgan fingerprint density at radius 2 is 1.11 bits per heavy atom. The minimum absolute atomic E-state index is 0.905. The van der Waals surface area contributed by atoms with Crippen LogP contribution in [0.3, 0.4) is 0 Å². The third-order valence-electron chi connectivity index (χ3n) is 5.00. The molecule has 2 rings (SSSR count). The van der Waals surface area contributed by atoms with Gasteiger partial charge in [-0.2, -0.15) is 0 Å². The Balaban J connectivity index is 2.22. The van der Waals surface area contributed by atoms with Crippen molar-refractivity contribution in [3.05, 3.63) is 82.7 Å². The molecule has 2 N–H and O–H groups in total. The van der Waals surface area contributed by atoms with E-state index in [1.807, 2.05) is 0 Å². The molecule has 0 atom stereocenters. The largest absolute Gasteiger partial charge is 0.359 e. The summed E-state index contributed by atoms with van der Waals surface area (Å²) in [5, 5.41) is 7.16. The molecule has 0 saturated heterocycles. The number of hydrogen-bond acceptors (Lipinski definition) is 2. The average Bonchev–Trinajstić information content (AvgIpc) is 2.67. The maximum atomic E-state index is 4.24. The van der Waals surface area contributed by atoms with E-state index in [0.717, 1.165) is 37.1 Å². The second-order valence-corrected chi connectivity index (χ2v) is 6.92. The van der Waals surface area contributed by atoms with E-state index < -0.39 is 0 Å². The first-order chi connectivity index (χ1) is 13.0. The van der Waals surface area contributed by atoms with Crippen LogP contribution in [0.15, 0.2) is 60.4 Å². The minimum Gasteiger partial charge on any atom is -0.359 e. The van der Waals surface area contributed by atoms with Crippen molar-refractivity contribution in [2.45, 2.75) is 60.3 Å². The van der Waals surface area contributed by atoms with E-state index >= 15 is 0 Å². The van der Waals surface area contributed by atoms with E-state index in [1.165, 1.54) is 33.6 Å². The van der Waals surface area contributed by atoms with Crippen LogP contribution in [0.5, 0.6) is 0 Å². The van der Waals surface area contributed by atoms with Crippen LogP contribution in [0, 0.1) is 0 Å². The highest BCUT2D eigenvalue weighted by atomic mass is 14.9. The van der Waals surface area contributed by atoms with Gasteiger partial charge in [0.05, 0.1) is 0 Å². The van der Waals surface area contributed by atoms with Crippen LogP contribution in [0.1, 0.15) is 56.9 Å². The van der Waals surface area contributed by atoms with Crippen LogP contribution >= 0.6 is 0 Å². The van der Waals surface area contributed by atoms with Crippen molar-refractivity contribution in [1.82, 2.24) is 0 Å². The third kappa shape index (κ3) is 5.26. The zero-order valence-electron chi connectivity index (χ0n) is 17.6. The van der Waals surface area contributed by atoms with E-state index in [9.17, 15) is 0 Å². The fourth-order valence-electron chi connectivity index (χ4n) is 3.50. The first-order valence-electron chi connectivity index (χ1n) is 10.2. The molecule has 2 nitrogen and oxygen atoms in total. The Labute approximate surface area is 165 Å². The summed E-state index contributed by atoms with van der Waals surface area (Å²) in [7, 11) is 0. The molecule has 0 unspecified atom stereocenters. The lowest BCUT2D eigenvalue weighted by atomic mass is 10.0. The van der Waals surface area contributed by atoms with Crippen molar-refractivity contribution in [2.75, 3.05) is 10.6 Å². The predicted molar refractivity (Wildman–Crippen MR) is 121 cm³/mol. The second-order valence-electron chi connectivity index (χ2n) is 6.92. The van der Waals surface area contributed by atoms with Crippen LogP contribution in [-0.4, -0.2) is 0 Å². The zero-order valence-corrected chi connectivity index (χ0v) is 17.6. The molecule has 0 spiro atoms. The number of anilines is 2.